The minimum Gasteiger partial charge on any atom is -0.302 e. The molecule has 0 saturated carbocycles. The first-order valence-electron chi connectivity index (χ1n) is 3.83. The predicted molar refractivity (Wildman–Crippen MR) is 51.2 cm³/mol. The van der Waals surface area contributed by atoms with Crippen LogP contribution in [0.2, 0.25) is 0 Å². The Morgan fingerprint density at radius 1 is 1.45 bits per heavy atom. The smallest absolute Gasteiger partial charge is 0.0409 e. The Morgan fingerprint density at radius 3 is 2.45 bits per heavy atom. The molecule has 1 rings (SSSR count). The molecule has 62 valence electrons. The highest BCUT2D eigenvalue weighted by molar-refractivity contribution is 7.10. The van der Waals surface area contributed by atoms with Gasteiger partial charge in [-0.05, 0) is 45.0 Å². The zero-order valence-electron chi connectivity index (χ0n) is 7.59. The second-order valence-electron chi connectivity index (χ2n) is 3.11. The van der Waals surface area contributed by atoms with Crippen molar-refractivity contribution in [3.05, 3.63) is 21.9 Å². The van der Waals surface area contributed by atoms with Gasteiger partial charge in [-0.15, -0.1) is 11.3 Å². The lowest BCUT2D eigenvalue weighted by atomic mass is 10.2. The zero-order chi connectivity index (χ0) is 8.43. The Morgan fingerprint density at radius 2 is 2.09 bits per heavy atom. The van der Waals surface area contributed by atoms with Crippen LogP contribution < -0.4 is 0 Å². The molecule has 1 nitrogen and oxygen atoms in total. The van der Waals surface area contributed by atoms with Crippen molar-refractivity contribution in [2.45, 2.75) is 19.9 Å². The summed E-state index contributed by atoms with van der Waals surface area (Å²) < 4.78 is 0. The van der Waals surface area contributed by atoms with E-state index in [1.54, 1.807) is 0 Å². The first-order chi connectivity index (χ1) is 5.13. The molecule has 0 saturated heterocycles. The molecular formula is C9H15NS. The van der Waals surface area contributed by atoms with Crippen molar-refractivity contribution in [3.63, 3.8) is 0 Å². The molecule has 0 N–H and O–H groups in total. The molecule has 1 atom stereocenters. The normalized spacial score (nSPS) is 13.9. The highest BCUT2D eigenvalue weighted by Crippen LogP contribution is 2.26. The molecular weight excluding hydrogens is 154 g/mol. The summed E-state index contributed by atoms with van der Waals surface area (Å²) in [5.74, 6) is 0. The summed E-state index contributed by atoms with van der Waals surface area (Å²) in [6, 6.07) is 2.73. The minimum absolute atomic E-state index is 0.551. The molecule has 0 bridgehead atoms. The quantitative estimate of drug-likeness (QED) is 0.658. The molecule has 1 aromatic heterocycles. The maximum Gasteiger partial charge on any atom is 0.0409 e. The molecule has 2 heteroatoms. The molecule has 1 heterocycles. The van der Waals surface area contributed by atoms with Crippen molar-refractivity contribution in [2.75, 3.05) is 14.1 Å². The van der Waals surface area contributed by atoms with Crippen LogP contribution in [-0.2, 0) is 0 Å². The molecule has 0 aliphatic heterocycles. The van der Waals surface area contributed by atoms with Crippen molar-refractivity contribution in [1.82, 2.24) is 4.90 Å². The lowest BCUT2D eigenvalue weighted by Crippen LogP contribution is -2.16. The minimum atomic E-state index is 0.551. The van der Waals surface area contributed by atoms with E-state index >= 15 is 0 Å². The molecule has 0 aliphatic rings. The van der Waals surface area contributed by atoms with Gasteiger partial charge in [0.2, 0.25) is 0 Å². The van der Waals surface area contributed by atoms with Crippen LogP contribution in [0.4, 0.5) is 0 Å². The van der Waals surface area contributed by atoms with E-state index in [1.807, 2.05) is 11.3 Å². The molecule has 11 heavy (non-hydrogen) atoms. The van der Waals surface area contributed by atoms with Gasteiger partial charge < -0.3 is 4.90 Å². The van der Waals surface area contributed by atoms with E-state index in [0.29, 0.717) is 6.04 Å². The van der Waals surface area contributed by atoms with E-state index < -0.39 is 0 Å². The van der Waals surface area contributed by atoms with Crippen molar-refractivity contribution < 1.29 is 0 Å². The average molecular weight is 169 g/mol. The molecule has 0 spiro atoms. The largest absolute Gasteiger partial charge is 0.302 e. The van der Waals surface area contributed by atoms with Gasteiger partial charge >= 0.3 is 0 Å². The standard InChI is InChI=1S/C9H15NS/c1-7-5-6-11-9(7)8(2)10(3)4/h5-6,8H,1-4H3. The zero-order valence-corrected chi connectivity index (χ0v) is 8.40. The van der Waals surface area contributed by atoms with Gasteiger partial charge in [0.1, 0.15) is 0 Å². The number of rotatable bonds is 2. The van der Waals surface area contributed by atoms with E-state index in [0.717, 1.165) is 0 Å². The van der Waals surface area contributed by atoms with Gasteiger partial charge in [-0.1, -0.05) is 0 Å². The SMILES string of the molecule is Cc1ccsc1C(C)N(C)C. The summed E-state index contributed by atoms with van der Waals surface area (Å²) in [4.78, 5) is 3.72. The van der Waals surface area contributed by atoms with Crippen LogP contribution >= 0.6 is 11.3 Å². The Hall–Kier alpha value is -0.340. The van der Waals surface area contributed by atoms with Gasteiger partial charge in [0.25, 0.3) is 0 Å². The van der Waals surface area contributed by atoms with Crippen LogP contribution in [0.1, 0.15) is 23.4 Å². The average Bonchev–Trinajstić information content (AvgIpc) is 2.33. The first-order valence-corrected chi connectivity index (χ1v) is 4.71. The maximum atomic E-state index is 2.23. The van der Waals surface area contributed by atoms with Crippen molar-refractivity contribution in [1.29, 1.82) is 0 Å². The van der Waals surface area contributed by atoms with Gasteiger partial charge in [0.05, 0.1) is 0 Å². The van der Waals surface area contributed by atoms with Gasteiger partial charge in [-0.3, -0.25) is 0 Å². The summed E-state index contributed by atoms with van der Waals surface area (Å²) in [5, 5.41) is 2.16. The lowest BCUT2D eigenvalue weighted by Gasteiger charge is -2.18. The summed E-state index contributed by atoms with van der Waals surface area (Å²) in [6.45, 7) is 4.41. The number of nitrogens with zero attached hydrogens (tertiary/aromatic N) is 1. The highest BCUT2D eigenvalue weighted by Gasteiger charge is 2.10. The third-order valence-electron chi connectivity index (χ3n) is 2.06. The topological polar surface area (TPSA) is 3.24 Å². The molecule has 0 radical (unpaired) electrons. The third-order valence-corrected chi connectivity index (χ3v) is 3.24. The van der Waals surface area contributed by atoms with Crippen LogP contribution in [0.3, 0.4) is 0 Å². The number of thiophene rings is 1. The van der Waals surface area contributed by atoms with E-state index in [-0.39, 0.29) is 0 Å². The molecule has 1 unspecified atom stereocenters. The van der Waals surface area contributed by atoms with Crippen molar-refractivity contribution in [3.8, 4) is 0 Å². The second-order valence-corrected chi connectivity index (χ2v) is 4.06. The molecule has 0 fully saturated rings. The number of aryl methyl sites for hydroxylation is 1. The summed E-state index contributed by atoms with van der Waals surface area (Å²) in [6.07, 6.45) is 0. The summed E-state index contributed by atoms with van der Waals surface area (Å²) in [7, 11) is 4.23. The predicted octanol–water partition coefficient (Wildman–Crippen LogP) is 2.68. The summed E-state index contributed by atoms with van der Waals surface area (Å²) >= 11 is 1.84. The molecule has 0 aliphatic carbocycles. The Labute approximate surface area is 72.7 Å². The van der Waals surface area contributed by atoms with Crippen molar-refractivity contribution >= 4 is 11.3 Å². The Kier molecular flexibility index (Phi) is 2.68. The summed E-state index contributed by atoms with van der Waals surface area (Å²) in [5.41, 5.74) is 1.41. The van der Waals surface area contributed by atoms with Crippen LogP contribution in [0.25, 0.3) is 0 Å². The third kappa shape index (κ3) is 1.82. The van der Waals surface area contributed by atoms with Gasteiger partial charge in [0, 0.05) is 10.9 Å². The Balaban J connectivity index is 2.84. The van der Waals surface area contributed by atoms with Gasteiger partial charge in [0.15, 0.2) is 0 Å². The fourth-order valence-electron chi connectivity index (χ4n) is 1.05. The van der Waals surface area contributed by atoms with E-state index in [1.165, 1.54) is 10.4 Å². The van der Waals surface area contributed by atoms with Gasteiger partial charge in [-0.2, -0.15) is 0 Å². The van der Waals surface area contributed by atoms with Crippen LogP contribution in [0, 0.1) is 6.92 Å². The van der Waals surface area contributed by atoms with E-state index in [4.69, 9.17) is 0 Å². The highest BCUT2D eigenvalue weighted by atomic mass is 32.1. The van der Waals surface area contributed by atoms with Crippen LogP contribution in [0.5, 0.6) is 0 Å². The monoisotopic (exact) mass is 169 g/mol. The lowest BCUT2D eigenvalue weighted by molar-refractivity contribution is 0.324. The molecule has 1 aromatic rings. The van der Waals surface area contributed by atoms with Crippen molar-refractivity contribution in [2.24, 2.45) is 0 Å². The van der Waals surface area contributed by atoms with E-state index in [9.17, 15) is 0 Å². The maximum absolute atomic E-state index is 2.23. The second kappa shape index (κ2) is 3.37. The fourth-order valence-corrected chi connectivity index (χ4v) is 2.13. The van der Waals surface area contributed by atoms with Crippen LogP contribution in [0.15, 0.2) is 11.4 Å². The van der Waals surface area contributed by atoms with Gasteiger partial charge in [-0.25, -0.2) is 0 Å². The molecule has 0 aromatic carbocycles. The molecule has 0 amide bonds. The number of hydrogen-bond donors (Lipinski definition) is 0. The first kappa shape index (κ1) is 8.75. The number of hydrogen-bond acceptors (Lipinski definition) is 2. The Bertz CT molecular complexity index is 227. The van der Waals surface area contributed by atoms with Crippen LogP contribution in [-0.4, -0.2) is 19.0 Å². The van der Waals surface area contributed by atoms with E-state index in [2.05, 4.69) is 44.3 Å². The fraction of sp³-hybridized carbons (Fsp3) is 0.556.